The fourth-order valence-electron chi connectivity index (χ4n) is 1.50. The average molecular weight is 257 g/mol. The van der Waals surface area contributed by atoms with E-state index < -0.39 is 6.29 Å². The normalized spacial score (nSPS) is 11.6. The number of benzene rings is 2. The van der Waals surface area contributed by atoms with Crippen LogP contribution in [0.2, 0.25) is 0 Å². The highest BCUT2D eigenvalue weighted by molar-refractivity contribution is 5.93. The minimum absolute atomic E-state index is 0.302. The lowest BCUT2D eigenvalue weighted by Gasteiger charge is -2.15. The smallest absolute Gasteiger partial charge is 0.274 e. The van der Waals surface area contributed by atoms with Crippen molar-refractivity contribution < 1.29 is 14.4 Å². The average Bonchev–Trinajstić information content (AvgIpc) is 2.47. The lowest BCUT2D eigenvalue weighted by molar-refractivity contribution is -0.105. The molecule has 0 fully saturated rings. The zero-order valence-corrected chi connectivity index (χ0v) is 10.6. The van der Waals surface area contributed by atoms with E-state index in [9.17, 15) is 4.79 Å². The van der Waals surface area contributed by atoms with Crippen LogP contribution in [0.5, 0.6) is 5.75 Å². The third-order valence-corrected chi connectivity index (χ3v) is 2.40. The van der Waals surface area contributed by atoms with Crippen LogP contribution in [0.3, 0.4) is 0 Å². The molecular formula is C15H15NO3. The highest BCUT2D eigenvalue weighted by atomic mass is 16.8. The van der Waals surface area contributed by atoms with E-state index in [2.05, 4.69) is 5.48 Å². The summed E-state index contributed by atoms with van der Waals surface area (Å²) in [5.41, 5.74) is 2.89. The Morgan fingerprint density at radius 2 is 1.58 bits per heavy atom. The van der Waals surface area contributed by atoms with Gasteiger partial charge in [-0.15, -0.1) is 0 Å². The summed E-state index contributed by atoms with van der Waals surface area (Å²) >= 11 is 0. The van der Waals surface area contributed by atoms with Crippen molar-refractivity contribution in [2.24, 2.45) is 0 Å². The molecule has 0 aliphatic heterocycles. The van der Waals surface area contributed by atoms with E-state index in [-0.39, 0.29) is 5.91 Å². The Labute approximate surface area is 111 Å². The molecular weight excluding hydrogens is 242 g/mol. The molecule has 98 valence electrons. The molecule has 0 heterocycles. The van der Waals surface area contributed by atoms with Gasteiger partial charge in [-0.2, -0.15) is 0 Å². The van der Waals surface area contributed by atoms with Crippen molar-refractivity contribution >= 4 is 5.91 Å². The van der Waals surface area contributed by atoms with Gasteiger partial charge in [0.1, 0.15) is 5.75 Å². The maximum Gasteiger partial charge on any atom is 0.274 e. The van der Waals surface area contributed by atoms with Crippen LogP contribution in [0.25, 0.3) is 0 Å². The van der Waals surface area contributed by atoms with Gasteiger partial charge in [-0.05, 0) is 24.3 Å². The SMILES string of the molecule is CC(ONC(=O)c1ccccc1)Oc1ccccc1. The van der Waals surface area contributed by atoms with Crippen LogP contribution in [0, 0.1) is 0 Å². The molecule has 1 N–H and O–H groups in total. The third kappa shape index (κ3) is 4.12. The minimum atomic E-state index is -0.574. The van der Waals surface area contributed by atoms with Crippen molar-refractivity contribution in [3.8, 4) is 5.75 Å². The van der Waals surface area contributed by atoms with E-state index >= 15 is 0 Å². The van der Waals surface area contributed by atoms with Crippen LogP contribution < -0.4 is 10.2 Å². The summed E-state index contributed by atoms with van der Waals surface area (Å²) in [6.07, 6.45) is -0.574. The second-order valence-electron chi connectivity index (χ2n) is 3.91. The zero-order chi connectivity index (χ0) is 13.5. The number of amides is 1. The molecule has 1 unspecified atom stereocenters. The fraction of sp³-hybridized carbons (Fsp3) is 0.133. The Hall–Kier alpha value is -2.33. The monoisotopic (exact) mass is 257 g/mol. The quantitative estimate of drug-likeness (QED) is 0.662. The second-order valence-corrected chi connectivity index (χ2v) is 3.91. The molecule has 4 heteroatoms. The first kappa shape index (κ1) is 13.1. The number of ether oxygens (including phenoxy) is 1. The van der Waals surface area contributed by atoms with Crippen molar-refractivity contribution in [1.82, 2.24) is 5.48 Å². The largest absolute Gasteiger partial charge is 0.463 e. The van der Waals surface area contributed by atoms with Gasteiger partial charge < -0.3 is 4.74 Å². The molecule has 1 amide bonds. The van der Waals surface area contributed by atoms with Crippen LogP contribution in [0.1, 0.15) is 17.3 Å². The molecule has 0 aliphatic rings. The summed E-state index contributed by atoms with van der Waals surface area (Å²) in [6, 6.07) is 18.1. The topological polar surface area (TPSA) is 47.6 Å². The summed E-state index contributed by atoms with van der Waals surface area (Å²) in [4.78, 5) is 16.9. The molecule has 2 aromatic carbocycles. The predicted octanol–water partition coefficient (Wildman–Crippen LogP) is 2.77. The number of carbonyl (C=O) groups excluding carboxylic acids is 1. The van der Waals surface area contributed by atoms with Crippen LogP contribution in [-0.4, -0.2) is 12.2 Å². The molecule has 0 spiro atoms. The number of carbonyl (C=O) groups is 1. The first-order chi connectivity index (χ1) is 9.25. The summed E-state index contributed by atoms with van der Waals surface area (Å²) < 4.78 is 5.46. The molecule has 0 saturated heterocycles. The molecule has 0 radical (unpaired) electrons. The predicted molar refractivity (Wildman–Crippen MR) is 71.5 cm³/mol. The lowest BCUT2D eigenvalue weighted by atomic mass is 10.2. The number of nitrogens with one attached hydrogen (secondary N) is 1. The van der Waals surface area contributed by atoms with Gasteiger partial charge in [0.2, 0.25) is 6.29 Å². The second kappa shape index (κ2) is 6.56. The highest BCUT2D eigenvalue weighted by Gasteiger charge is 2.08. The van der Waals surface area contributed by atoms with Crippen molar-refractivity contribution in [3.05, 3.63) is 66.2 Å². The van der Waals surface area contributed by atoms with Gasteiger partial charge in [-0.1, -0.05) is 36.4 Å². The molecule has 2 aromatic rings. The third-order valence-electron chi connectivity index (χ3n) is 2.40. The van der Waals surface area contributed by atoms with E-state index in [0.717, 1.165) is 0 Å². The van der Waals surface area contributed by atoms with E-state index in [1.807, 2.05) is 36.4 Å². The minimum Gasteiger partial charge on any atom is -0.463 e. The molecule has 4 nitrogen and oxygen atoms in total. The maximum atomic E-state index is 11.7. The lowest BCUT2D eigenvalue weighted by Crippen LogP contribution is -2.31. The van der Waals surface area contributed by atoms with Gasteiger partial charge in [0.05, 0.1) is 0 Å². The number of hydrogen-bond donors (Lipinski definition) is 1. The Morgan fingerprint density at radius 1 is 1.00 bits per heavy atom. The molecule has 2 rings (SSSR count). The van der Waals surface area contributed by atoms with Crippen LogP contribution in [-0.2, 0) is 4.84 Å². The zero-order valence-electron chi connectivity index (χ0n) is 10.6. The van der Waals surface area contributed by atoms with Crippen LogP contribution >= 0.6 is 0 Å². The molecule has 19 heavy (non-hydrogen) atoms. The number of rotatable bonds is 5. The van der Waals surface area contributed by atoms with Gasteiger partial charge in [0, 0.05) is 12.5 Å². The van der Waals surface area contributed by atoms with Crippen molar-refractivity contribution in [2.45, 2.75) is 13.2 Å². The fourth-order valence-corrected chi connectivity index (χ4v) is 1.50. The Bertz CT molecular complexity index is 513. The van der Waals surface area contributed by atoms with E-state index in [0.29, 0.717) is 11.3 Å². The number of para-hydroxylation sites is 1. The first-order valence-corrected chi connectivity index (χ1v) is 5.98. The molecule has 0 bridgehead atoms. The molecule has 0 aliphatic carbocycles. The van der Waals surface area contributed by atoms with Gasteiger partial charge in [-0.25, -0.2) is 10.3 Å². The Balaban J connectivity index is 1.81. The van der Waals surface area contributed by atoms with Crippen molar-refractivity contribution in [1.29, 1.82) is 0 Å². The van der Waals surface area contributed by atoms with Crippen LogP contribution in [0.15, 0.2) is 60.7 Å². The molecule has 1 atom stereocenters. The molecule has 0 aromatic heterocycles. The summed E-state index contributed by atoms with van der Waals surface area (Å²) in [7, 11) is 0. The summed E-state index contributed by atoms with van der Waals surface area (Å²) in [5, 5.41) is 0. The van der Waals surface area contributed by atoms with Crippen molar-refractivity contribution in [2.75, 3.05) is 0 Å². The van der Waals surface area contributed by atoms with Crippen molar-refractivity contribution in [3.63, 3.8) is 0 Å². The summed E-state index contributed by atoms with van der Waals surface area (Å²) in [5.74, 6) is 0.382. The van der Waals surface area contributed by atoms with Gasteiger partial charge in [-0.3, -0.25) is 4.79 Å². The van der Waals surface area contributed by atoms with Gasteiger partial charge >= 0.3 is 0 Å². The highest BCUT2D eigenvalue weighted by Crippen LogP contribution is 2.10. The van der Waals surface area contributed by atoms with Gasteiger partial charge in [0.25, 0.3) is 5.91 Å². The Morgan fingerprint density at radius 3 is 2.21 bits per heavy atom. The standard InChI is InChI=1S/C15H15NO3/c1-12(18-14-10-6-3-7-11-14)19-16-15(17)13-8-4-2-5-9-13/h2-12H,1H3,(H,16,17). The van der Waals surface area contributed by atoms with Crippen LogP contribution in [0.4, 0.5) is 0 Å². The summed E-state index contributed by atoms with van der Waals surface area (Å²) in [6.45, 7) is 1.71. The molecule has 0 saturated carbocycles. The first-order valence-electron chi connectivity index (χ1n) is 5.98. The van der Waals surface area contributed by atoms with E-state index in [1.165, 1.54) is 0 Å². The number of hydroxylamine groups is 1. The van der Waals surface area contributed by atoms with Gasteiger partial charge in [0.15, 0.2) is 0 Å². The number of hydrogen-bond acceptors (Lipinski definition) is 3. The van der Waals surface area contributed by atoms with E-state index in [1.54, 1.807) is 31.2 Å². The Kier molecular flexibility index (Phi) is 4.53. The maximum absolute atomic E-state index is 11.7. The van der Waals surface area contributed by atoms with E-state index in [4.69, 9.17) is 9.57 Å².